The maximum atomic E-state index is 11.4. The topological polar surface area (TPSA) is 49.4 Å². The summed E-state index contributed by atoms with van der Waals surface area (Å²) in [5.74, 6) is 0.877. The second-order valence-electron chi connectivity index (χ2n) is 3.33. The van der Waals surface area contributed by atoms with Crippen molar-refractivity contribution in [1.29, 1.82) is 0 Å². The minimum atomic E-state index is -0.461. The lowest BCUT2D eigenvalue weighted by Gasteiger charge is -2.17. The van der Waals surface area contributed by atoms with Crippen LogP contribution in [0.4, 0.5) is 0 Å². The van der Waals surface area contributed by atoms with Crippen molar-refractivity contribution in [3.05, 3.63) is 12.7 Å². The van der Waals surface area contributed by atoms with Crippen molar-refractivity contribution in [3.63, 3.8) is 0 Å². The molecule has 0 aliphatic rings. The number of thioether (sulfide) groups is 1. The molecule has 0 bridgehead atoms. The van der Waals surface area contributed by atoms with Gasteiger partial charge in [0.05, 0.1) is 5.75 Å². The van der Waals surface area contributed by atoms with Crippen LogP contribution in [0.5, 0.6) is 0 Å². The highest BCUT2D eigenvalue weighted by Crippen LogP contribution is 1.99. The average Bonchev–Trinajstić information content (AvgIpc) is 2.16. The molecule has 0 rings (SSSR count). The summed E-state index contributed by atoms with van der Waals surface area (Å²) in [5.41, 5.74) is 0. The fourth-order valence-electron chi connectivity index (χ4n) is 0.967. The Balaban J connectivity index is 3.85. The first kappa shape index (κ1) is 14.0. The molecule has 0 heterocycles. The molecule has 0 saturated carbocycles. The summed E-state index contributed by atoms with van der Waals surface area (Å²) in [4.78, 5) is 24.2. The van der Waals surface area contributed by atoms with Crippen molar-refractivity contribution in [1.82, 2.24) is 10.2 Å². The van der Waals surface area contributed by atoms with Crippen LogP contribution in [0.25, 0.3) is 0 Å². The normalized spacial score (nSPS) is 11.7. The van der Waals surface area contributed by atoms with Crippen LogP contribution in [0, 0.1) is 0 Å². The molecule has 0 radical (unpaired) electrons. The summed E-state index contributed by atoms with van der Waals surface area (Å²) in [7, 11) is 3.33. The van der Waals surface area contributed by atoms with Crippen molar-refractivity contribution in [2.75, 3.05) is 25.6 Å². The van der Waals surface area contributed by atoms with Gasteiger partial charge in [0.25, 0.3) is 0 Å². The Morgan fingerprint density at radius 3 is 2.60 bits per heavy atom. The van der Waals surface area contributed by atoms with Gasteiger partial charge < -0.3 is 10.2 Å². The van der Waals surface area contributed by atoms with Crippen LogP contribution in [0.2, 0.25) is 0 Å². The van der Waals surface area contributed by atoms with E-state index in [1.165, 1.54) is 16.7 Å². The van der Waals surface area contributed by atoms with E-state index in [1.54, 1.807) is 27.1 Å². The molecule has 0 aliphatic heterocycles. The highest BCUT2D eigenvalue weighted by atomic mass is 32.2. The lowest BCUT2D eigenvalue weighted by atomic mass is 10.3. The monoisotopic (exact) mass is 230 g/mol. The van der Waals surface area contributed by atoms with Gasteiger partial charge in [-0.3, -0.25) is 9.59 Å². The summed E-state index contributed by atoms with van der Waals surface area (Å²) in [6, 6.07) is -0.461. The molecule has 0 fully saturated rings. The van der Waals surface area contributed by atoms with Crippen molar-refractivity contribution >= 4 is 23.6 Å². The first-order valence-corrected chi connectivity index (χ1v) is 5.83. The van der Waals surface area contributed by atoms with Gasteiger partial charge in [-0.2, -0.15) is 0 Å². The molecule has 1 atom stereocenters. The second-order valence-corrected chi connectivity index (χ2v) is 4.36. The van der Waals surface area contributed by atoms with Gasteiger partial charge in [-0.25, -0.2) is 0 Å². The third-order valence-electron chi connectivity index (χ3n) is 1.66. The Morgan fingerprint density at radius 1 is 1.53 bits per heavy atom. The lowest BCUT2D eigenvalue weighted by Crippen LogP contribution is -2.44. The molecule has 0 aromatic heterocycles. The van der Waals surface area contributed by atoms with Crippen molar-refractivity contribution in [2.45, 2.75) is 13.0 Å². The van der Waals surface area contributed by atoms with Crippen LogP contribution in [-0.2, 0) is 9.59 Å². The minimum absolute atomic E-state index is 0.0999. The van der Waals surface area contributed by atoms with E-state index in [1.807, 2.05) is 0 Å². The number of carbonyl (C=O) groups excluding carboxylic acids is 2. The maximum Gasteiger partial charge on any atom is 0.244 e. The number of hydrogen-bond donors (Lipinski definition) is 1. The fraction of sp³-hybridized carbons (Fsp3) is 0.600. The zero-order valence-corrected chi connectivity index (χ0v) is 10.3. The van der Waals surface area contributed by atoms with Crippen LogP contribution >= 0.6 is 11.8 Å². The van der Waals surface area contributed by atoms with Gasteiger partial charge in [0.1, 0.15) is 6.04 Å². The molecule has 2 amide bonds. The van der Waals surface area contributed by atoms with Crippen LogP contribution in [-0.4, -0.2) is 48.4 Å². The standard InChI is InChI=1S/C10H18N2O2S/c1-5-6-15-7-9(13)11-8(2)10(14)12(3)4/h5,8H,1,6-7H2,2-4H3,(H,11,13)/t8-/m0/s1. The summed E-state index contributed by atoms with van der Waals surface area (Å²) < 4.78 is 0. The van der Waals surface area contributed by atoms with Crippen LogP contribution in [0.15, 0.2) is 12.7 Å². The largest absolute Gasteiger partial charge is 0.347 e. The SMILES string of the molecule is C=CCSCC(=O)N[C@@H](C)C(=O)N(C)C. The molecule has 0 unspecified atom stereocenters. The maximum absolute atomic E-state index is 11.4. The van der Waals surface area contributed by atoms with Crippen LogP contribution in [0.1, 0.15) is 6.92 Å². The van der Waals surface area contributed by atoms with Crippen molar-refractivity contribution in [2.24, 2.45) is 0 Å². The van der Waals surface area contributed by atoms with Gasteiger partial charge >= 0.3 is 0 Å². The number of likely N-dealkylation sites (N-methyl/N-ethyl adjacent to an activating group) is 1. The van der Waals surface area contributed by atoms with Crippen molar-refractivity contribution in [3.8, 4) is 0 Å². The molecule has 5 heteroatoms. The van der Waals surface area contributed by atoms with Gasteiger partial charge in [0.15, 0.2) is 0 Å². The molecule has 0 aliphatic carbocycles. The third kappa shape index (κ3) is 6.17. The number of nitrogens with zero attached hydrogens (tertiary/aromatic N) is 1. The highest BCUT2D eigenvalue weighted by molar-refractivity contribution is 8.00. The predicted molar refractivity (Wildman–Crippen MR) is 63.8 cm³/mol. The summed E-state index contributed by atoms with van der Waals surface area (Å²) >= 11 is 1.47. The van der Waals surface area contributed by atoms with Gasteiger partial charge in [-0.05, 0) is 6.92 Å². The Morgan fingerprint density at radius 2 is 2.13 bits per heavy atom. The fourth-order valence-corrected chi connectivity index (χ4v) is 1.52. The molecule has 0 aromatic carbocycles. The smallest absolute Gasteiger partial charge is 0.244 e. The predicted octanol–water partition coefficient (Wildman–Crippen LogP) is 0.498. The second kappa shape index (κ2) is 7.34. The number of nitrogens with one attached hydrogen (secondary N) is 1. The highest BCUT2D eigenvalue weighted by Gasteiger charge is 2.16. The van der Waals surface area contributed by atoms with E-state index in [0.29, 0.717) is 5.75 Å². The third-order valence-corrected chi connectivity index (χ3v) is 2.60. The van der Waals surface area contributed by atoms with E-state index in [-0.39, 0.29) is 11.8 Å². The van der Waals surface area contributed by atoms with Crippen molar-refractivity contribution < 1.29 is 9.59 Å². The van der Waals surface area contributed by atoms with E-state index in [9.17, 15) is 9.59 Å². The van der Waals surface area contributed by atoms with Gasteiger partial charge in [-0.1, -0.05) is 6.08 Å². The Hall–Kier alpha value is -0.970. The molecular formula is C10H18N2O2S. The molecule has 0 spiro atoms. The van der Waals surface area contributed by atoms with E-state index in [2.05, 4.69) is 11.9 Å². The minimum Gasteiger partial charge on any atom is -0.347 e. The molecule has 15 heavy (non-hydrogen) atoms. The Bertz CT molecular complexity index is 242. The summed E-state index contributed by atoms with van der Waals surface area (Å²) in [6.07, 6.45) is 1.74. The first-order valence-electron chi connectivity index (χ1n) is 4.68. The molecule has 1 N–H and O–H groups in total. The van der Waals surface area contributed by atoms with Gasteiger partial charge in [0, 0.05) is 19.8 Å². The van der Waals surface area contributed by atoms with E-state index < -0.39 is 6.04 Å². The van der Waals surface area contributed by atoms with Gasteiger partial charge in [0.2, 0.25) is 11.8 Å². The molecular weight excluding hydrogens is 212 g/mol. The molecule has 4 nitrogen and oxygen atoms in total. The Kier molecular flexibility index (Phi) is 6.86. The summed E-state index contributed by atoms with van der Waals surface area (Å²) in [6.45, 7) is 5.24. The van der Waals surface area contributed by atoms with Crippen LogP contribution < -0.4 is 5.32 Å². The number of hydrogen-bond acceptors (Lipinski definition) is 3. The average molecular weight is 230 g/mol. The first-order chi connectivity index (χ1) is 6.99. The summed E-state index contributed by atoms with van der Waals surface area (Å²) in [5, 5.41) is 2.63. The van der Waals surface area contributed by atoms with E-state index >= 15 is 0 Å². The zero-order valence-electron chi connectivity index (χ0n) is 9.45. The number of rotatable bonds is 6. The molecule has 0 aromatic rings. The van der Waals surface area contributed by atoms with E-state index in [4.69, 9.17) is 0 Å². The zero-order chi connectivity index (χ0) is 11.8. The number of amides is 2. The van der Waals surface area contributed by atoms with Gasteiger partial charge in [-0.15, -0.1) is 18.3 Å². The Labute approximate surface area is 95.1 Å². The number of carbonyl (C=O) groups is 2. The lowest BCUT2D eigenvalue weighted by molar-refractivity contribution is -0.133. The van der Waals surface area contributed by atoms with Crippen LogP contribution in [0.3, 0.4) is 0 Å². The molecule has 0 saturated heterocycles. The molecule has 86 valence electrons. The van der Waals surface area contributed by atoms with E-state index in [0.717, 1.165) is 5.75 Å². The quantitative estimate of drug-likeness (QED) is 0.534.